The zero-order chi connectivity index (χ0) is 14.5. The van der Waals surface area contributed by atoms with Crippen molar-refractivity contribution < 1.29 is 9.53 Å². The van der Waals surface area contributed by atoms with Gasteiger partial charge < -0.3 is 20.4 Å². The van der Waals surface area contributed by atoms with Crippen molar-refractivity contribution in [2.75, 3.05) is 6.54 Å². The number of aryl methyl sites for hydroxylation is 1. The molecule has 0 radical (unpaired) electrons. The number of rotatable bonds is 5. The van der Waals surface area contributed by atoms with Crippen LogP contribution in [-0.2, 0) is 17.7 Å². The summed E-state index contributed by atoms with van der Waals surface area (Å²) in [6, 6.07) is -0.178. The van der Waals surface area contributed by atoms with Crippen LogP contribution in [0.4, 0.5) is 4.79 Å². The molecule has 0 aliphatic rings. The normalized spacial score (nSPS) is 13.1. The number of nitrogens with zero attached hydrogens (tertiary/aromatic N) is 2. The Morgan fingerprint density at radius 3 is 2.79 bits per heavy atom. The molecule has 3 N–H and O–H groups in total. The highest BCUT2D eigenvalue weighted by Gasteiger charge is 2.20. The number of carbonyl (C=O) groups excluding carboxylic acids is 1. The Morgan fingerprint density at radius 1 is 1.58 bits per heavy atom. The number of amides is 1. The lowest BCUT2D eigenvalue weighted by atomic mass is 10.2. The fourth-order valence-electron chi connectivity index (χ4n) is 1.71. The first-order chi connectivity index (χ1) is 8.85. The van der Waals surface area contributed by atoms with E-state index in [0.29, 0.717) is 13.0 Å². The van der Waals surface area contributed by atoms with E-state index in [9.17, 15) is 4.79 Å². The van der Waals surface area contributed by atoms with Crippen molar-refractivity contribution in [2.24, 2.45) is 5.73 Å². The number of imidazole rings is 1. The highest BCUT2D eigenvalue weighted by molar-refractivity contribution is 5.68. The van der Waals surface area contributed by atoms with Gasteiger partial charge in [-0.2, -0.15) is 0 Å². The van der Waals surface area contributed by atoms with Gasteiger partial charge in [0.2, 0.25) is 0 Å². The van der Waals surface area contributed by atoms with E-state index in [2.05, 4.69) is 10.3 Å². The van der Waals surface area contributed by atoms with Gasteiger partial charge in [0.15, 0.2) is 0 Å². The first-order valence-corrected chi connectivity index (χ1v) is 6.55. The quantitative estimate of drug-likeness (QED) is 0.843. The van der Waals surface area contributed by atoms with Gasteiger partial charge in [-0.1, -0.05) is 0 Å². The molecular formula is C13H24N4O2. The van der Waals surface area contributed by atoms with E-state index in [0.717, 1.165) is 12.4 Å². The number of ether oxygens (including phenoxy) is 1. The predicted molar refractivity (Wildman–Crippen MR) is 73.8 cm³/mol. The highest BCUT2D eigenvalue weighted by Crippen LogP contribution is 2.07. The molecule has 0 saturated heterocycles. The van der Waals surface area contributed by atoms with Crippen molar-refractivity contribution in [3.8, 4) is 0 Å². The molecule has 0 saturated carbocycles. The minimum Gasteiger partial charge on any atom is -0.444 e. The summed E-state index contributed by atoms with van der Waals surface area (Å²) in [5.74, 6) is 0.911. The maximum Gasteiger partial charge on any atom is 0.407 e. The van der Waals surface area contributed by atoms with Crippen molar-refractivity contribution in [1.29, 1.82) is 0 Å². The molecule has 1 rings (SSSR count). The zero-order valence-corrected chi connectivity index (χ0v) is 12.1. The van der Waals surface area contributed by atoms with Gasteiger partial charge in [0, 0.05) is 31.9 Å². The Labute approximate surface area is 114 Å². The monoisotopic (exact) mass is 268 g/mol. The fraction of sp³-hybridized carbons (Fsp3) is 0.692. The Hall–Kier alpha value is -1.56. The standard InChI is InChI=1S/C13H24N4O2/c1-5-17-7-6-15-11(17)8-10(9-14)16-12(18)19-13(2,3)4/h6-7,10H,5,8-9,14H2,1-4H3,(H,16,18). The summed E-state index contributed by atoms with van der Waals surface area (Å²) < 4.78 is 7.24. The second-order valence-electron chi connectivity index (χ2n) is 5.41. The summed E-state index contributed by atoms with van der Waals surface area (Å²) in [7, 11) is 0. The van der Waals surface area contributed by atoms with E-state index in [4.69, 9.17) is 10.5 Å². The smallest absolute Gasteiger partial charge is 0.407 e. The maximum atomic E-state index is 11.7. The van der Waals surface area contributed by atoms with Crippen LogP contribution in [0, 0.1) is 0 Å². The zero-order valence-electron chi connectivity index (χ0n) is 12.1. The molecule has 0 aromatic carbocycles. The topological polar surface area (TPSA) is 82.2 Å². The number of hydrogen-bond acceptors (Lipinski definition) is 4. The van der Waals surface area contributed by atoms with Crippen molar-refractivity contribution in [3.05, 3.63) is 18.2 Å². The molecule has 1 aromatic heterocycles. The summed E-state index contributed by atoms with van der Waals surface area (Å²) in [4.78, 5) is 16.0. The predicted octanol–water partition coefficient (Wildman–Crippen LogP) is 1.30. The molecular weight excluding hydrogens is 244 g/mol. The Kier molecular flexibility index (Phi) is 5.35. The number of alkyl carbamates (subject to hydrolysis) is 1. The number of nitrogens with two attached hydrogens (primary N) is 1. The molecule has 1 atom stereocenters. The summed E-state index contributed by atoms with van der Waals surface area (Å²) in [5.41, 5.74) is 5.18. The molecule has 6 nitrogen and oxygen atoms in total. The van der Waals surface area contributed by atoms with Crippen molar-refractivity contribution in [1.82, 2.24) is 14.9 Å². The Bertz CT molecular complexity index is 409. The van der Waals surface area contributed by atoms with Crippen LogP contribution in [0.25, 0.3) is 0 Å². The summed E-state index contributed by atoms with van der Waals surface area (Å²) in [6.07, 6.45) is 3.81. The van der Waals surface area contributed by atoms with Gasteiger partial charge >= 0.3 is 6.09 Å². The van der Waals surface area contributed by atoms with E-state index in [-0.39, 0.29) is 6.04 Å². The second-order valence-corrected chi connectivity index (χ2v) is 5.41. The van der Waals surface area contributed by atoms with Gasteiger partial charge in [-0.15, -0.1) is 0 Å². The lowest BCUT2D eigenvalue weighted by Gasteiger charge is -2.23. The van der Waals surface area contributed by atoms with Crippen LogP contribution in [0.2, 0.25) is 0 Å². The third kappa shape index (κ3) is 5.30. The molecule has 1 unspecified atom stereocenters. The molecule has 0 aliphatic carbocycles. The van der Waals surface area contributed by atoms with Crippen molar-refractivity contribution >= 4 is 6.09 Å². The van der Waals surface area contributed by atoms with Gasteiger partial charge in [0.25, 0.3) is 0 Å². The third-order valence-corrected chi connectivity index (χ3v) is 2.58. The molecule has 1 aromatic rings. The molecule has 0 bridgehead atoms. The number of nitrogens with one attached hydrogen (secondary N) is 1. The van der Waals surface area contributed by atoms with Gasteiger partial charge in [-0.3, -0.25) is 0 Å². The van der Waals surface area contributed by atoms with Gasteiger partial charge in [0.05, 0.1) is 6.04 Å². The van der Waals surface area contributed by atoms with Crippen molar-refractivity contribution in [2.45, 2.75) is 52.3 Å². The average Bonchev–Trinajstić information content (AvgIpc) is 2.72. The van der Waals surface area contributed by atoms with Crippen LogP contribution >= 0.6 is 0 Å². The molecule has 6 heteroatoms. The minimum atomic E-state index is -0.509. The van der Waals surface area contributed by atoms with Crippen LogP contribution in [0.3, 0.4) is 0 Å². The number of hydrogen-bond donors (Lipinski definition) is 2. The highest BCUT2D eigenvalue weighted by atomic mass is 16.6. The summed E-state index contributed by atoms with van der Waals surface area (Å²) in [5, 5.41) is 2.77. The van der Waals surface area contributed by atoms with E-state index >= 15 is 0 Å². The molecule has 0 aliphatic heterocycles. The van der Waals surface area contributed by atoms with E-state index < -0.39 is 11.7 Å². The lowest BCUT2D eigenvalue weighted by molar-refractivity contribution is 0.0505. The maximum absolute atomic E-state index is 11.7. The molecule has 0 spiro atoms. The largest absolute Gasteiger partial charge is 0.444 e. The average molecular weight is 268 g/mol. The third-order valence-electron chi connectivity index (χ3n) is 2.58. The van der Waals surface area contributed by atoms with Crippen LogP contribution in [0.15, 0.2) is 12.4 Å². The fourth-order valence-corrected chi connectivity index (χ4v) is 1.71. The van der Waals surface area contributed by atoms with E-state index in [1.165, 1.54) is 0 Å². The van der Waals surface area contributed by atoms with Crippen molar-refractivity contribution in [3.63, 3.8) is 0 Å². The van der Waals surface area contributed by atoms with Crippen LogP contribution in [0.1, 0.15) is 33.5 Å². The lowest BCUT2D eigenvalue weighted by Crippen LogP contribution is -2.44. The van der Waals surface area contributed by atoms with Gasteiger partial charge in [-0.25, -0.2) is 9.78 Å². The summed E-state index contributed by atoms with van der Waals surface area (Å²) >= 11 is 0. The SMILES string of the molecule is CCn1ccnc1CC(CN)NC(=O)OC(C)(C)C. The number of aromatic nitrogens is 2. The Balaban J connectivity index is 2.57. The van der Waals surface area contributed by atoms with Gasteiger partial charge in [-0.05, 0) is 27.7 Å². The van der Waals surface area contributed by atoms with Crippen LogP contribution in [0.5, 0.6) is 0 Å². The van der Waals surface area contributed by atoms with Crippen LogP contribution < -0.4 is 11.1 Å². The Morgan fingerprint density at radius 2 is 2.26 bits per heavy atom. The van der Waals surface area contributed by atoms with E-state index in [1.54, 1.807) is 6.20 Å². The second kappa shape index (κ2) is 6.56. The first-order valence-electron chi connectivity index (χ1n) is 6.55. The molecule has 108 valence electrons. The molecule has 0 fully saturated rings. The molecule has 19 heavy (non-hydrogen) atoms. The van der Waals surface area contributed by atoms with Gasteiger partial charge in [0.1, 0.15) is 11.4 Å². The first kappa shape index (κ1) is 15.5. The molecule has 1 heterocycles. The van der Waals surface area contributed by atoms with E-state index in [1.807, 2.05) is 38.5 Å². The molecule has 1 amide bonds. The van der Waals surface area contributed by atoms with Crippen LogP contribution in [-0.4, -0.2) is 33.8 Å². The number of carbonyl (C=O) groups is 1. The summed E-state index contributed by atoms with van der Waals surface area (Å²) in [6.45, 7) is 8.72. The minimum absolute atomic E-state index is 0.178.